The zero-order valence-electron chi connectivity index (χ0n) is 11.7. The molecular formula is C12H26N2O2Si. The molecule has 0 atom stereocenters. The predicted octanol–water partition coefficient (Wildman–Crippen LogP) is -0.0726. The molecule has 0 aliphatic heterocycles. The van der Waals surface area contributed by atoms with E-state index in [-0.39, 0.29) is 5.91 Å². The van der Waals surface area contributed by atoms with Crippen LogP contribution in [0.3, 0.4) is 0 Å². The van der Waals surface area contributed by atoms with Gasteiger partial charge in [-0.25, -0.2) is 0 Å². The number of hydrogen-bond acceptors (Lipinski definition) is 4. The average Bonchev–Trinajstić information content (AvgIpc) is 2.25. The van der Waals surface area contributed by atoms with Crippen molar-refractivity contribution in [1.29, 1.82) is 0 Å². The lowest BCUT2D eigenvalue weighted by Gasteiger charge is -2.34. The smallest absolute Gasteiger partial charge is 0.172 e. The van der Waals surface area contributed by atoms with Gasteiger partial charge in [-0.05, 0) is 34.6 Å². The van der Waals surface area contributed by atoms with Crippen LogP contribution in [0.5, 0.6) is 0 Å². The van der Waals surface area contributed by atoms with E-state index in [1.165, 1.54) is 0 Å². The molecule has 0 spiro atoms. The molecular weight excluding hydrogens is 232 g/mol. The summed E-state index contributed by atoms with van der Waals surface area (Å²) in [6.07, 6.45) is 0. The van der Waals surface area contributed by atoms with Crippen LogP contribution in [0.2, 0.25) is 0 Å². The summed E-state index contributed by atoms with van der Waals surface area (Å²) in [7, 11) is -0.770. The third-order valence-electron chi connectivity index (χ3n) is 2.33. The molecule has 0 rings (SSSR count). The standard InChI is InChI=1S/C12H26N2O2Si/c1-6-7-17-10(15-11(2,3)8-13)16-12(4,5)9-14/h10H,8-9,13-14,17H2,1-5H3. The molecule has 4 N–H and O–H groups in total. The summed E-state index contributed by atoms with van der Waals surface area (Å²) >= 11 is 0. The molecule has 0 bridgehead atoms. The normalized spacial score (nSPS) is 13.2. The SMILES string of the molecule is CC#C[SiH2]C(OC(C)(C)CN)OC(C)(C)CN. The maximum absolute atomic E-state index is 5.88. The van der Waals surface area contributed by atoms with Crippen molar-refractivity contribution < 1.29 is 9.47 Å². The number of rotatable bonds is 7. The highest BCUT2D eigenvalue weighted by atomic mass is 28.2. The molecule has 0 aromatic carbocycles. The Hall–Kier alpha value is -0.383. The number of nitrogens with two attached hydrogens (primary N) is 2. The van der Waals surface area contributed by atoms with Crippen LogP contribution in [-0.4, -0.2) is 39.7 Å². The molecule has 0 aliphatic carbocycles. The average molecular weight is 258 g/mol. The molecule has 0 heterocycles. The summed E-state index contributed by atoms with van der Waals surface area (Å²) in [6, 6.07) is 0. The van der Waals surface area contributed by atoms with E-state index in [1.807, 2.05) is 34.6 Å². The first-order valence-corrected chi connectivity index (χ1v) is 7.44. The first-order valence-electron chi connectivity index (χ1n) is 5.92. The summed E-state index contributed by atoms with van der Waals surface area (Å²) < 4.78 is 11.8. The minimum Gasteiger partial charge on any atom is -0.349 e. The highest BCUT2D eigenvalue weighted by molar-refractivity contribution is 6.47. The molecule has 0 aliphatic rings. The van der Waals surface area contributed by atoms with Gasteiger partial charge in [0.15, 0.2) is 9.52 Å². The zero-order valence-corrected chi connectivity index (χ0v) is 13.1. The van der Waals surface area contributed by atoms with E-state index in [0.717, 1.165) is 0 Å². The van der Waals surface area contributed by atoms with Crippen LogP contribution in [-0.2, 0) is 9.47 Å². The molecule has 0 radical (unpaired) electrons. The predicted molar refractivity (Wildman–Crippen MR) is 74.2 cm³/mol. The molecule has 0 fully saturated rings. The van der Waals surface area contributed by atoms with Gasteiger partial charge in [-0.1, -0.05) is 0 Å². The topological polar surface area (TPSA) is 70.5 Å². The second-order valence-electron chi connectivity index (χ2n) is 5.22. The minimum atomic E-state index is -0.770. The second kappa shape index (κ2) is 7.14. The van der Waals surface area contributed by atoms with Crippen LogP contribution in [0.25, 0.3) is 0 Å². The Morgan fingerprint density at radius 2 is 1.47 bits per heavy atom. The Morgan fingerprint density at radius 1 is 1.06 bits per heavy atom. The summed E-state index contributed by atoms with van der Waals surface area (Å²) in [5.74, 6) is 2.63. The molecule has 0 aromatic rings. The quantitative estimate of drug-likeness (QED) is 0.381. The zero-order chi connectivity index (χ0) is 13.5. The van der Waals surface area contributed by atoms with Crippen molar-refractivity contribution >= 4 is 9.52 Å². The van der Waals surface area contributed by atoms with E-state index in [4.69, 9.17) is 20.9 Å². The van der Waals surface area contributed by atoms with Gasteiger partial charge in [0.1, 0.15) is 5.91 Å². The first kappa shape index (κ1) is 16.6. The van der Waals surface area contributed by atoms with Crippen LogP contribution >= 0.6 is 0 Å². The van der Waals surface area contributed by atoms with Gasteiger partial charge in [0.05, 0.1) is 11.2 Å². The molecule has 4 nitrogen and oxygen atoms in total. The van der Waals surface area contributed by atoms with E-state index in [9.17, 15) is 0 Å². The van der Waals surface area contributed by atoms with Crippen LogP contribution in [0, 0.1) is 11.5 Å². The Kier molecular flexibility index (Phi) is 6.98. The number of ether oxygens (including phenoxy) is 2. The Labute approximate surface area is 107 Å². The Morgan fingerprint density at radius 3 is 1.76 bits per heavy atom. The van der Waals surface area contributed by atoms with E-state index in [1.54, 1.807) is 0 Å². The lowest BCUT2D eigenvalue weighted by Crippen LogP contribution is -2.46. The largest absolute Gasteiger partial charge is 0.349 e. The minimum absolute atomic E-state index is 0.264. The summed E-state index contributed by atoms with van der Waals surface area (Å²) in [4.78, 5) is 0. The van der Waals surface area contributed by atoms with Crippen molar-refractivity contribution in [3.8, 4) is 11.5 Å². The highest BCUT2D eigenvalue weighted by Crippen LogP contribution is 2.16. The van der Waals surface area contributed by atoms with Crippen molar-refractivity contribution in [3.63, 3.8) is 0 Å². The maximum Gasteiger partial charge on any atom is 0.172 e. The fraction of sp³-hybridized carbons (Fsp3) is 0.833. The maximum atomic E-state index is 5.88. The van der Waals surface area contributed by atoms with Gasteiger partial charge in [-0.15, -0.1) is 11.5 Å². The molecule has 0 unspecified atom stereocenters. The van der Waals surface area contributed by atoms with Crippen LogP contribution in [0.1, 0.15) is 34.6 Å². The van der Waals surface area contributed by atoms with Crippen molar-refractivity contribution in [2.24, 2.45) is 11.5 Å². The Balaban J connectivity index is 4.58. The third-order valence-corrected chi connectivity index (χ3v) is 3.55. The van der Waals surface area contributed by atoms with Crippen molar-refractivity contribution in [3.05, 3.63) is 0 Å². The highest BCUT2D eigenvalue weighted by Gasteiger charge is 2.27. The third kappa shape index (κ3) is 7.52. The van der Waals surface area contributed by atoms with Crippen molar-refractivity contribution in [2.75, 3.05) is 13.1 Å². The summed E-state index contributed by atoms with van der Waals surface area (Å²) in [5, 5.41) is 0. The van der Waals surface area contributed by atoms with Crippen molar-refractivity contribution in [2.45, 2.75) is 51.7 Å². The molecule has 0 saturated heterocycles. The fourth-order valence-corrected chi connectivity index (χ4v) is 2.54. The molecule has 0 aromatic heterocycles. The van der Waals surface area contributed by atoms with Gasteiger partial charge in [-0.2, -0.15) is 0 Å². The van der Waals surface area contributed by atoms with Crippen LogP contribution < -0.4 is 11.5 Å². The van der Waals surface area contributed by atoms with Gasteiger partial charge < -0.3 is 20.9 Å². The molecule has 0 saturated carbocycles. The number of hydrogen-bond donors (Lipinski definition) is 2. The van der Waals surface area contributed by atoms with Crippen LogP contribution in [0.15, 0.2) is 0 Å². The summed E-state index contributed by atoms with van der Waals surface area (Å²) in [5.41, 5.74) is 13.6. The lowest BCUT2D eigenvalue weighted by atomic mass is 10.1. The lowest BCUT2D eigenvalue weighted by molar-refractivity contribution is -0.197. The van der Waals surface area contributed by atoms with Gasteiger partial charge in [0.25, 0.3) is 0 Å². The monoisotopic (exact) mass is 258 g/mol. The fourth-order valence-electron chi connectivity index (χ4n) is 1.10. The van der Waals surface area contributed by atoms with Gasteiger partial charge in [0.2, 0.25) is 0 Å². The van der Waals surface area contributed by atoms with E-state index in [0.29, 0.717) is 13.1 Å². The van der Waals surface area contributed by atoms with E-state index in [2.05, 4.69) is 11.5 Å². The van der Waals surface area contributed by atoms with Crippen LogP contribution in [0.4, 0.5) is 0 Å². The van der Waals surface area contributed by atoms with Gasteiger partial charge in [-0.3, -0.25) is 0 Å². The van der Waals surface area contributed by atoms with Gasteiger partial charge >= 0.3 is 0 Å². The van der Waals surface area contributed by atoms with Gasteiger partial charge in [0, 0.05) is 13.1 Å². The Bertz CT molecular complexity index is 264. The molecule has 17 heavy (non-hydrogen) atoms. The summed E-state index contributed by atoms with van der Waals surface area (Å²) in [6.45, 7) is 10.5. The molecule has 5 heteroatoms. The second-order valence-corrected chi connectivity index (χ2v) is 6.65. The molecule has 0 amide bonds. The van der Waals surface area contributed by atoms with Crippen molar-refractivity contribution in [1.82, 2.24) is 0 Å². The van der Waals surface area contributed by atoms with E-state index < -0.39 is 20.7 Å². The molecule has 100 valence electrons. The first-order chi connectivity index (χ1) is 7.76. The van der Waals surface area contributed by atoms with E-state index >= 15 is 0 Å².